The van der Waals surface area contributed by atoms with E-state index in [1.54, 1.807) is 7.11 Å². The SMILES string of the molecule is COC(=O)[C@@]1(C)CCC[C@]2(C)c3ccc(OC)cc3CC[C@@H]12. The predicted molar refractivity (Wildman–Crippen MR) is 86.1 cm³/mol. The first kappa shape index (κ1) is 15.4. The van der Waals surface area contributed by atoms with Crippen LogP contribution in [0.25, 0.3) is 0 Å². The number of benzene rings is 1. The van der Waals surface area contributed by atoms with Crippen molar-refractivity contribution in [3.63, 3.8) is 0 Å². The van der Waals surface area contributed by atoms with Crippen molar-refractivity contribution in [2.24, 2.45) is 11.3 Å². The zero-order valence-corrected chi connectivity index (χ0v) is 14.1. The summed E-state index contributed by atoms with van der Waals surface area (Å²) in [4.78, 5) is 12.5. The second-order valence-corrected chi connectivity index (χ2v) is 7.29. The maximum absolute atomic E-state index is 12.5. The minimum absolute atomic E-state index is 0.0413. The summed E-state index contributed by atoms with van der Waals surface area (Å²) >= 11 is 0. The average molecular weight is 302 g/mol. The van der Waals surface area contributed by atoms with E-state index < -0.39 is 0 Å². The third-order valence-electron chi connectivity index (χ3n) is 6.21. The molecule has 1 saturated carbocycles. The van der Waals surface area contributed by atoms with Gasteiger partial charge in [-0.2, -0.15) is 0 Å². The van der Waals surface area contributed by atoms with E-state index in [9.17, 15) is 4.79 Å². The molecule has 1 aromatic carbocycles. The number of hydrogen-bond donors (Lipinski definition) is 0. The molecule has 0 unspecified atom stereocenters. The van der Waals surface area contributed by atoms with Gasteiger partial charge in [0.1, 0.15) is 5.75 Å². The Morgan fingerprint density at radius 1 is 1.23 bits per heavy atom. The lowest BCUT2D eigenvalue weighted by Crippen LogP contribution is -2.52. The molecule has 0 saturated heterocycles. The molecule has 3 nitrogen and oxygen atoms in total. The molecule has 0 N–H and O–H groups in total. The lowest BCUT2D eigenvalue weighted by Gasteiger charge is -2.54. The van der Waals surface area contributed by atoms with Gasteiger partial charge >= 0.3 is 5.97 Å². The first-order valence-electron chi connectivity index (χ1n) is 8.21. The van der Waals surface area contributed by atoms with Crippen LogP contribution in [0.3, 0.4) is 0 Å². The van der Waals surface area contributed by atoms with E-state index in [2.05, 4.69) is 32.0 Å². The molecule has 120 valence electrons. The minimum Gasteiger partial charge on any atom is -0.497 e. The molecule has 2 aliphatic carbocycles. The molecule has 0 aromatic heterocycles. The van der Waals surface area contributed by atoms with Gasteiger partial charge in [-0.1, -0.05) is 19.4 Å². The summed E-state index contributed by atoms with van der Waals surface area (Å²) in [5.41, 5.74) is 2.48. The van der Waals surface area contributed by atoms with Crippen LogP contribution in [0.4, 0.5) is 0 Å². The number of carbonyl (C=O) groups excluding carboxylic acids is 1. The molecule has 0 heterocycles. The predicted octanol–water partition coefficient (Wildman–Crippen LogP) is 3.88. The molecule has 0 aliphatic heterocycles. The van der Waals surface area contributed by atoms with Gasteiger partial charge in [0.2, 0.25) is 0 Å². The average Bonchev–Trinajstić information content (AvgIpc) is 2.53. The quantitative estimate of drug-likeness (QED) is 0.778. The van der Waals surface area contributed by atoms with Crippen LogP contribution in [0.2, 0.25) is 0 Å². The fourth-order valence-electron chi connectivity index (χ4n) is 5.07. The van der Waals surface area contributed by atoms with Crippen LogP contribution in [0.5, 0.6) is 5.75 Å². The van der Waals surface area contributed by atoms with Gasteiger partial charge in [0, 0.05) is 0 Å². The van der Waals surface area contributed by atoms with Crippen molar-refractivity contribution in [3.05, 3.63) is 29.3 Å². The highest BCUT2D eigenvalue weighted by molar-refractivity contribution is 5.77. The highest BCUT2D eigenvalue weighted by Gasteiger charge is 2.55. The molecule has 0 spiro atoms. The maximum Gasteiger partial charge on any atom is 0.311 e. The van der Waals surface area contributed by atoms with Crippen molar-refractivity contribution in [2.75, 3.05) is 14.2 Å². The Kier molecular flexibility index (Phi) is 3.70. The van der Waals surface area contributed by atoms with Crippen LogP contribution in [-0.4, -0.2) is 20.2 Å². The number of fused-ring (bicyclic) bond motifs is 3. The van der Waals surface area contributed by atoms with Gasteiger partial charge in [0.05, 0.1) is 19.6 Å². The summed E-state index contributed by atoms with van der Waals surface area (Å²) in [7, 11) is 3.23. The first-order valence-corrected chi connectivity index (χ1v) is 8.21. The van der Waals surface area contributed by atoms with Crippen LogP contribution in [0, 0.1) is 11.3 Å². The highest BCUT2D eigenvalue weighted by atomic mass is 16.5. The lowest BCUT2D eigenvalue weighted by atomic mass is 9.50. The second kappa shape index (κ2) is 5.29. The van der Waals surface area contributed by atoms with E-state index in [0.29, 0.717) is 5.92 Å². The molecule has 0 amide bonds. The van der Waals surface area contributed by atoms with Crippen molar-refractivity contribution in [1.82, 2.24) is 0 Å². The summed E-state index contributed by atoms with van der Waals surface area (Å²) in [6.07, 6.45) is 5.21. The van der Waals surface area contributed by atoms with Crippen molar-refractivity contribution in [3.8, 4) is 5.75 Å². The van der Waals surface area contributed by atoms with E-state index in [0.717, 1.165) is 37.9 Å². The largest absolute Gasteiger partial charge is 0.497 e. The van der Waals surface area contributed by atoms with Gasteiger partial charge in [-0.15, -0.1) is 0 Å². The van der Waals surface area contributed by atoms with Gasteiger partial charge in [-0.05, 0) is 67.2 Å². The Balaban J connectivity index is 2.06. The molecule has 2 aliphatic rings. The van der Waals surface area contributed by atoms with Crippen LogP contribution in [0.1, 0.15) is 50.7 Å². The topological polar surface area (TPSA) is 35.5 Å². The van der Waals surface area contributed by atoms with Crippen molar-refractivity contribution in [2.45, 2.75) is 51.4 Å². The molecule has 1 aromatic rings. The Bertz CT molecular complexity index is 594. The van der Waals surface area contributed by atoms with Crippen molar-refractivity contribution < 1.29 is 14.3 Å². The Morgan fingerprint density at radius 3 is 2.68 bits per heavy atom. The third-order valence-corrected chi connectivity index (χ3v) is 6.21. The smallest absolute Gasteiger partial charge is 0.311 e. The highest BCUT2D eigenvalue weighted by Crippen LogP contribution is 2.57. The number of esters is 1. The van der Waals surface area contributed by atoms with Gasteiger partial charge in [0.15, 0.2) is 0 Å². The zero-order valence-electron chi connectivity index (χ0n) is 14.1. The monoisotopic (exact) mass is 302 g/mol. The van der Waals surface area contributed by atoms with Crippen LogP contribution in [-0.2, 0) is 21.4 Å². The van der Waals surface area contributed by atoms with E-state index in [1.165, 1.54) is 18.2 Å². The van der Waals surface area contributed by atoms with E-state index in [-0.39, 0.29) is 16.8 Å². The number of ether oxygens (including phenoxy) is 2. The lowest BCUT2D eigenvalue weighted by molar-refractivity contribution is -0.161. The summed E-state index contributed by atoms with van der Waals surface area (Å²) in [6.45, 7) is 4.44. The summed E-state index contributed by atoms with van der Waals surface area (Å²) in [5.74, 6) is 1.23. The number of carbonyl (C=O) groups is 1. The van der Waals surface area contributed by atoms with Gasteiger partial charge in [-0.3, -0.25) is 4.79 Å². The minimum atomic E-state index is -0.362. The fraction of sp³-hybridized carbons (Fsp3) is 0.632. The number of rotatable bonds is 2. The molecular formula is C19H26O3. The Morgan fingerprint density at radius 2 is 2.00 bits per heavy atom. The van der Waals surface area contributed by atoms with Crippen molar-refractivity contribution in [1.29, 1.82) is 0 Å². The molecule has 3 heteroatoms. The molecule has 22 heavy (non-hydrogen) atoms. The number of hydrogen-bond acceptors (Lipinski definition) is 3. The number of aryl methyl sites for hydroxylation is 1. The van der Waals surface area contributed by atoms with Crippen LogP contribution < -0.4 is 4.74 Å². The normalized spacial score (nSPS) is 33.5. The molecule has 0 bridgehead atoms. The summed E-state index contributed by atoms with van der Waals surface area (Å²) < 4.78 is 10.5. The van der Waals surface area contributed by atoms with Gasteiger partial charge in [0.25, 0.3) is 0 Å². The molecule has 3 rings (SSSR count). The first-order chi connectivity index (χ1) is 10.5. The molecule has 1 fully saturated rings. The third kappa shape index (κ3) is 2.05. The summed E-state index contributed by atoms with van der Waals surface area (Å²) in [6, 6.07) is 6.43. The Labute approximate surface area is 133 Å². The zero-order chi connectivity index (χ0) is 16.0. The standard InChI is InChI=1S/C19H26O3/c1-18-10-5-11-19(2,17(20)22-4)16(18)9-6-13-12-14(21-3)7-8-15(13)18/h7-8,12,16H,5-6,9-11H2,1-4H3/t16-,18-,19+/m1/s1. The molecular weight excluding hydrogens is 276 g/mol. The van der Waals surface area contributed by atoms with Crippen molar-refractivity contribution >= 4 is 5.97 Å². The molecule has 0 radical (unpaired) electrons. The van der Waals surface area contributed by atoms with E-state index in [1.807, 2.05) is 0 Å². The van der Waals surface area contributed by atoms with Gasteiger partial charge < -0.3 is 9.47 Å². The fourth-order valence-corrected chi connectivity index (χ4v) is 5.07. The van der Waals surface area contributed by atoms with E-state index in [4.69, 9.17) is 9.47 Å². The second-order valence-electron chi connectivity index (χ2n) is 7.29. The van der Waals surface area contributed by atoms with Crippen LogP contribution in [0.15, 0.2) is 18.2 Å². The molecule has 3 atom stereocenters. The maximum atomic E-state index is 12.5. The Hall–Kier alpha value is -1.51. The van der Waals surface area contributed by atoms with Gasteiger partial charge in [-0.25, -0.2) is 0 Å². The summed E-state index contributed by atoms with van der Waals surface area (Å²) in [5, 5.41) is 0. The van der Waals surface area contributed by atoms with Crippen LogP contribution >= 0.6 is 0 Å². The van der Waals surface area contributed by atoms with E-state index >= 15 is 0 Å². The number of methoxy groups -OCH3 is 2.